The molecule has 0 aliphatic rings. The van der Waals surface area contributed by atoms with Crippen LogP contribution in [-0.4, -0.2) is 4.98 Å². The number of halogens is 2. The van der Waals surface area contributed by atoms with Crippen LogP contribution in [0.3, 0.4) is 0 Å². The quantitative estimate of drug-likeness (QED) is 0.803. The molecule has 1 aromatic carbocycles. The van der Waals surface area contributed by atoms with Gasteiger partial charge >= 0.3 is 0 Å². The van der Waals surface area contributed by atoms with Gasteiger partial charge in [0.2, 0.25) is 0 Å². The maximum absolute atomic E-state index is 5.81. The van der Waals surface area contributed by atoms with Crippen LogP contribution in [0.15, 0.2) is 36.4 Å². The van der Waals surface area contributed by atoms with Crippen molar-refractivity contribution in [2.24, 2.45) is 0 Å². The molecular weight excluding hydrogens is 245 g/mol. The summed E-state index contributed by atoms with van der Waals surface area (Å²) in [5.74, 6) is 0.501. The summed E-state index contributed by atoms with van der Waals surface area (Å²) in [6.45, 7) is 0. The highest BCUT2D eigenvalue weighted by molar-refractivity contribution is 6.41. The number of rotatable bonds is 2. The topological polar surface area (TPSA) is 50.9 Å². The molecule has 0 bridgehead atoms. The maximum atomic E-state index is 5.81. The number of aromatic nitrogens is 1. The monoisotopic (exact) mass is 253 g/mol. The van der Waals surface area contributed by atoms with Gasteiger partial charge in [-0.1, -0.05) is 41.4 Å². The highest BCUT2D eigenvalue weighted by atomic mass is 35.5. The van der Waals surface area contributed by atoms with Gasteiger partial charge in [0.05, 0.1) is 10.7 Å². The molecule has 0 fully saturated rings. The van der Waals surface area contributed by atoms with Gasteiger partial charge < -0.3 is 11.1 Å². The molecule has 1 aromatic heterocycles. The molecule has 0 aliphatic carbocycles. The van der Waals surface area contributed by atoms with E-state index in [9.17, 15) is 0 Å². The molecule has 0 radical (unpaired) electrons. The molecule has 0 spiro atoms. The van der Waals surface area contributed by atoms with E-state index in [0.717, 1.165) is 5.69 Å². The molecule has 0 aliphatic heterocycles. The molecule has 0 unspecified atom stereocenters. The van der Waals surface area contributed by atoms with E-state index >= 15 is 0 Å². The SMILES string of the molecule is Nc1cc(Cl)c(Cl)nc1Nc1ccccc1. The van der Waals surface area contributed by atoms with Gasteiger partial charge in [-0.25, -0.2) is 4.98 Å². The largest absolute Gasteiger partial charge is 0.396 e. The minimum atomic E-state index is 0.231. The van der Waals surface area contributed by atoms with Gasteiger partial charge in [-0.15, -0.1) is 0 Å². The third kappa shape index (κ3) is 2.38. The molecule has 2 aromatic rings. The van der Waals surface area contributed by atoms with Crippen LogP contribution in [0, 0.1) is 0 Å². The normalized spacial score (nSPS) is 10.1. The lowest BCUT2D eigenvalue weighted by Crippen LogP contribution is -1.99. The summed E-state index contributed by atoms with van der Waals surface area (Å²) in [5.41, 5.74) is 7.12. The molecule has 5 heteroatoms. The van der Waals surface area contributed by atoms with Crippen LogP contribution in [0.5, 0.6) is 0 Å². The zero-order chi connectivity index (χ0) is 11.5. The van der Waals surface area contributed by atoms with Crippen LogP contribution in [-0.2, 0) is 0 Å². The van der Waals surface area contributed by atoms with Crippen molar-refractivity contribution >= 4 is 40.4 Å². The first kappa shape index (κ1) is 11.0. The first-order valence-corrected chi connectivity index (χ1v) is 5.36. The van der Waals surface area contributed by atoms with Crippen molar-refractivity contribution in [3.8, 4) is 0 Å². The summed E-state index contributed by atoms with van der Waals surface area (Å²) in [6, 6.07) is 11.1. The van der Waals surface area contributed by atoms with Gasteiger partial charge in [-0.05, 0) is 18.2 Å². The fraction of sp³-hybridized carbons (Fsp3) is 0. The molecule has 0 atom stereocenters. The standard InChI is InChI=1S/C11H9Cl2N3/c12-8-6-9(14)11(16-10(8)13)15-7-4-2-1-3-5-7/h1-6H,14H2,(H,15,16). The van der Waals surface area contributed by atoms with E-state index in [2.05, 4.69) is 10.3 Å². The summed E-state index contributed by atoms with van der Waals surface area (Å²) < 4.78 is 0. The zero-order valence-corrected chi connectivity index (χ0v) is 9.76. The lowest BCUT2D eigenvalue weighted by molar-refractivity contribution is 1.31. The van der Waals surface area contributed by atoms with Crippen molar-refractivity contribution in [2.45, 2.75) is 0 Å². The van der Waals surface area contributed by atoms with Crippen LogP contribution in [0.4, 0.5) is 17.2 Å². The summed E-state index contributed by atoms with van der Waals surface area (Å²) in [6.07, 6.45) is 0. The Morgan fingerprint density at radius 2 is 1.81 bits per heavy atom. The van der Waals surface area contributed by atoms with Crippen LogP contribution >= 0.6 is 23.2 Å². The molecule has 82 valence electrons. The first-order chi connectivity index (χ1) is 7.66. The highest BCUT2D eigenvalue weighted by Crippen LogP contribution is 2.28. The molecule has 0 saturated carbocycles. The Labute approximate surface area is 103 Å². The Balaban J connectivity index is 2.32. The fourth-order valence-corrected chi connectivity index (χ4v) is 1.54. The number of para-hydroxylation sites is 1. The van der Waals surface area contributed by atoms with E-state index in [0.29, 0.717) is 16.5 Å². The van der Waals surface area contributed by atoms with Gasteiger partial charge in [0.25, 0.3) is 0 Å². The molecule has 3 nitrogen and oxygen atoms in total. The zero-order valence-electron chi connectivity index (χ0n) is 8.24. The van der Waals surface area contributed by atoms with Gasteiger partial charge in [0, 0.05) is 5.69 Å². The number of nitrogens with two attached hydrogens (primary N) is 1. The Hall–Kier alpha value is -1.45. The summed E-state index contributed by atoms with van der Waals surface area (Å²) in [7, 11) is 0. The summed E-state index contributed by atoms with van der Waals surface area (Å²) >= 11 is 11.6. The maximum Gasteiger partial charge on any atom is 0.155 e. The van der Waals surface area contributed by atoms with Crippen LogP contribution in [0.2, 0.25) is 10.2 Å². The predicted octanol–water partition coefficient (Wildman–Crippen LogP) is 3.71. The van der Waals surface area contributed by atoms with Crippen LogP contribution < -0.4 is 11.1 Å². The van der Waals surface area contributed by atoms with E-state index in [1.807, 2.05) is 30.3 Å². The first-order valence-electron chi connectivity index (χ1n) is 4.60. The molecule has 0 amide bonds. The molecule has 16 heavy (non-hydrogen) atoms. The van der Waals surface area contributed by atoms with E-state index in [4.69, 9.17) is 28.9 Å². The number of benzene rings is 1. The number of nitrogens with zero attached hydrogens (tertiary/aromatic N) is 1. The van der Waals surface area contributed by atoms with Crippen molar-refractivity contribution in [3.63, 3.8) is 0 Å². The van der Waals surface area contributed by atoms with E-state index in [-0.39, 0.29) is 5.15 Å². The smallest absolute Gasteiger partial charge is 0.155 e. The lowest BCUT2D eigenvalue weighted by Gasteiger charge is -2.09. The second-order valence-electron chi connectivity index (χ2n) is 3.19. The number of pyridine rings is 1. The fourth-order valence-electron chi connectivity index (χ4n) is 1.24. The molecule has 3 N–H and O–H groups in total. The number of hydrogen-bond acceptors (Lipinski definition) is 3. The van der Waals surface area contributed by atoms with Crippen molar-refractivity contribution < 1.29 is 0 Å². The Bertz CT molecular complexity index is 500. The van der Waals surface area contributed by atoms with Crippen LogP contribution in [0.1, 0.15) is 0 Å². The number of hydrogen-bond donors (Lipinski definition) is 2. The summed E-state index contributed by atoms with van der Waals surface area (Å²) in [5, 5.41) is 3.64. The van der Waals surface area contributed by atoms with Gasteiger partial charge in [0.1, 0.15) is 5.15 Å². The Morgan fingerprint density at radius 1 is 1.12 bits per heavy atom. The Morgan fingerprint density at radius 3 is 2.50 bits per heavy atom. The molecular formula is C11H9Cl2N3. The van der Waals surface area contributed by atoms with Gasteiger partial charge in [0.15, 0.2) is 5.82 Å². The minimum Gasteiger partial charge on any atom is -0.396 e. The third-order valence-corrected chi connectivity index (χ3v) is 2.67. The number of nitrogens with one attached hydrogen (secondary N) is 1. The third-order valence-electron chi connectivity index (χ3n) is 2.00. The van der Waals surface area contributed by atoms with Gasteiger partial charge in [-0.2, -0.15) is 0 Å². The molecule has 0 saturated heterocycles. The van der Waals surface area contributed by atoms with Crippen LogP contribution in [0.25, 0.3) is 0 Å². The van der Waals surface area contributed by atoms with Gasteiger partial charge in [-0.3, -0.25) is 0 Å². The van der Waals surface area contributed by atoms with Crippen molar-refractivity contribution in [1.29, 1.82) is 0 Å². The van der Waals surface area contributed by atoms with Crippen molar-refractivity contribution in [2.75, 3.05) is 11.1 Å². The minimum absolute atomic E-state index is 0.231. The van der Waals surface area contributed by atoms with E-state index in [1.165, 1.54) is 0 Å². The second kappa shape index (κ2) is 4.60. The lowest BCUT2D eigenvalue weighted by atomic mass is 10.3. The second-order valence-corrected chi connectivity index (χ2v) is 3.96. The van der Waals surface area contributed by atoms with E-state index in [1.54, 1.807) is 6.07 Å². The van der Waals surface area contributed by atoms with Crippen molar-refractivity contribution in [3.05, 3.63) is 46.6 Å². The molecule has 2 rings (SSSR count). The number of anilines is 3. The average molecular weight is 254 g/mol. The average Bonchev–Trinajstić information content (AvgIpc) is 2.27. The van der Waals surface area contributed by atoms with E-state index < -0.39 is 0 Å². The number of nitrogen functional groups attached to an aromatic ring is 1. The predicted molar refractivity (Wildman–Crippen MR) is 68.4 cm³/mol. The highest BCUT2D eigenvalue weighted by Gasteiger charge is 2.06. The molecule has 1 heterocycles. The Kier molecular flexibility index (Phi) is 3.17. The summed E-state index contributed by atoms with van der Waals surface area (Å²) in [4.78, 5) is 4.06. The van der Waals surface area contributed by atoms with Crippen molar-refractivity contribution in [1.82, 2.24) is 4.98 Å².